The number of nitrogens with one attached hydrogen (secondary N) is 2. The van der Waals surface area contributed by atoms with Gasteiger partial charge in [-0.3, -0.25) is 9.20 Å². The summed E-state index contributed by atoms with van der Waals surface area (Å²) in [5, 5.41) is 2.90. The van der Waals surface area contributed by atoms with Crippen LogP contribution in [0.1, 0.15) is 22.0 Å². The van der Waals surface area contributed by atoms with Crippen molar-refractivity contribution in [3.63, 3.8) is 0 Å². The minimum Gasteiger partial charge on any atom is -0.343 e. The lowest BCUT2D eigenvalue weighted by Crippen LogP contribution is -2.25. The smallest absolute Gasteiger partial charge is 0.270 e. The number of carbonyl (C=O) groups is 1. The maximum Gasteiger partial charge on any atom is 0.270 e. The summed E-state index contributed by atoms with van der Waals surface area (Å²) >= 11 is 0. The molecule has 0 spiro atoms. The zero-order chi connectivity index (χ0) is 15.8. The Labute approximate surface area is 132 Å². The predicted octanol–water partition coefficient (Wildman–Crippen LogP) is 2.45. The number of aromatic nitrogens is 4. The average molecular weight is 305 g/mol. The first-order valence-electron chi connectivity index (χ1n) is 7.38. The molecule has 4 aromatic rings. The fourth-order valence-electron chi connectivity index (χ4n) is 2.72. The number of amides is 1. The maximum atomic E-state index is 12.5. The van der Waals surface area contributed by atoms with Crippen LogP contribution < -0.4 is 5.32 Å². The molecule has 0 aliphatic rings. The molecule has 6 heteroatoms. The van der Waals surface area contributed by atoms with Gasteiger partial charge in [0.1, 0.15) is 17.2 Å². The van der Waals surface area contributed by atoms with Gasteiger partial charge in [-0.2, -0.15) is 0 Å². The lowest BCUT2D eigenvalue weighted by Gasteiger charge is -2.04. The lowest BCUT2D eigenvalue weighted by molar-refractivity contribution is 0.0943. The van der Waals surface area contributed by atoms with Crippen LogP contribution in [0.15, 0.2) is 48.7 Å². The zero-order valence-corrected chi connectivity index (χ0v) is 12.6. The molecule has 0 unspecified atom stereocenters. The highest BCUT2D eigenvalue weighted by Gasteiger charge is 2.16. The third kappa shape index (κ3) is 2.34. The third-order valence-corrected chi connectivity index (χ3v) is 3.77. The van der Waals surface area contributed by atoms with Gasteiger partial charge in [0, 0.05) is 6.20 Å². The second-order valence-electron chi connectivity index (χ2n) is 5.36. The van der Waals surface area contributed by atoms with Crippen LogP contribution in [-0.4, -0.2) is 25.3 Å². The van der Waals surface area contributed by atoms with Crippen molar-refractivity contribution >= 4 is 22.6 Å². The number of H-pyrrole nitrogens is 1. The molecule has 0 atom stereocenters. The molecule has 3 aromatic heterocycles. The van der Waals surface area contributed by atoms with Crippen molar-refractivity contribution < 1.29 is 4.79 Å². The molecule has 1 aromatic carbocycles. The maximum absolute atomic E-state index is 12.5. The number of aryl methyl sites for hydroxylation is 1. The van der Waals surface area contributed by atoms with E-state index < -0.39 is 0 Å². The third-order valence-electron chi connectivity index (χ3n) is 3.77. The number of carbonyl (C=O) groups excluding carboxylic acids is 1. The van der Waals surface area contributed by atoms with E-state index in [1.54, 1.807) is 4.40 Å². The van der Waals surface area contributed by atoms with Crippen molar-refractivity contribution in [2.75, 3.05) is 0 Å². The van der Waals surface area contributed by atoms with E-state index in [-0.39, 0.29) is 5.91 Å². The standard InChI is InChI=1S/C17H15N5O/c1-11-16(22-9-5-4-8-15(22)19-11)17(23)18-10-14-20-12-6-2-3-7-13(12)21-14/h2-9H,10H2,1H3,(H,18,23)(H,20,21). The molecule has 3 heterocycles. The first kappa shape index (κ1) is 13.5. The van der Waals surface area contributed by atoms with Gasteiger partial charge in [-0.05, 0) is 31.2 Å². The second kappa shape index (κ2) is 5.24. The molecule has 0 aliphatic heterocycles. The number of para-hydroxylation sites is 2. The number of imidazole rings is 2. The Kier molecular flexibility index (Phi) is 3.08. The molecule has 0 saturated carbocycles. The number of rotatable bonds is 3. The Morgan fingerprint density at radius 3 is 2.87 bits per heavy atom. The van der Waals surface area contributed by atoms with Crippen molar-refractivity contribution in [1.29, 1.82) is 0 Å². The fourth-order valence-corrected chi connectivity index (χ4v) is 2.72. The van der Waals surface area contributed by atoms with Gasteiger partial charge in [0.2, 0.25) is 0 Å². The summed E-state index contributed by atoms with van der Waals surface area (Å²) in [5.41, 5.74) is 3.87. The van der Waals surface area contributed by atoms with Crippen LogP contribution in [0.5, 0.6) is 0 Å². The number of nitrogens with zero attached hydrogens (tertiary/aromatic N) is 3. The van der Waals surface area contributed by atoms with Crippen molar-refractivity contribution in [2.45, 2.75) is 13.5 Å². The van der Waals surface area contributed by atoms with Crippen LogP contribution in [0.3, 0.4) is 0 Å². The van der Waals surface area contributed by atoms with Gasteiger partial charge in [-0.1, -0.05) is 18.2 Å². The van der Waals surface area contributed by atoms with Crippen molar-refractivity contribution in [3.8, 4) is 0 Å². The van der Waals surface area contributed by atoms with Crippen LogP contribution in [0.2, 0.25) is 0 Å². The van der Waals surface area contributed by atoms with Gasteiger partial charge < -0.3 is 10.3 Å². The number of pyridine rings is 1. The highest BCUT2D eigenvalue weighted by atomic mass is 16.1. The first-order valence-corrected chi connectivity index (χ1v) is 7.38. The Morgan fingerprint density at radius 2 is 2.00 bits per heavy atom. The Bertz CT molecular complexity index is 981. The topological polar surface area (TPSA) is 75.1 Å². The predicted molar refractivity (Wildman–Crippen MR) is 87.2 cm³/mol. The molecule has 114 valence electrons. The van der Waals surface area contributed by atoms with Gasteiger partial charge in [-0.15, -0.1) is 0 Å². The summed E-state index contributed by atoms with van der Waals surface area (Å²) in [5.74, 6) is 0.563. The normalized spacial score (nSPS) is 11.2. The van der Waals surface area contributed by atoms with E-state index in [0.717, 1.165) is 22.5 Å². The van der Waals surface area contributed by atoms with Crippen LogP contribution >= 0.6 is 0 Å². The summed E-state index contributed by atoms with van der Waals surface area (Å²) < 4.78 is 1.79. The number of hydrogen-bond donors (Lipinski definition) is 2. The number of benzene rings is 1. The minimum atomic E-state index is -0.165. The summed E-state index contributed by atoms with van der Waals surface area (Å²) in [6.07, 6.45) is 1.84. The van der Waals surface area contributed by atoms with Gasteiger partial charge in [-0.25, -0.2) is 9.97 Å². The zero-order valence-electron chi connectivity index (χ0n) is 12.6. The molecule has 4 rings (SSSR count). The molecule has 0 bridgehead atoms. The molecule has 1 amide bonds. The van der Waals surface area contributed by atoms with Crippen LogP contribution in [0.25, 0.3) is 16.7 Å². The second-order valence-corrected chi connectivity index (χ2v) is 5.36. The lowest BCUT2D eigenvalue weighted by atomic mass is 10.3. The van der Waals surface area contributed by atoms with E-state index >= 15 is 0 Å². The Morgan fingerprint density at radius 1 is 1.17 bits per heavy atom. The quantitative estimate of drug-likeness (QED) is 0.610. The highest BCUT2D eigenvalue weighted by molar-refractivity contribution is 5.94. The van der Waals surface area contributed by atoms with Crippen LogP contribution in [-0.2, 0) is 6.54 Å². The summed E-state index contributed by atoms with van der Waals surface area (Å²) in [6.45, 7) is 2.18. The van der Waals surface area contributed by atoms with Crippen molar-refractivity contribution in [1.82, 2.24) is 24.7 Å². The van der Waals surface area contributed by atoms with E-state index in [4.69, 9.17) is 0 Å². The van der Waals surface area contributed by atoms with E-state index in [1.165, 1.54) is 0 Å². The molecule has 0 aliphatic carbocycles. The van der Waals surface area contributed by atoms with E-state index in [0.29, 0.717) is 17.9 Å². The average Bonchev–Trinajstić information content (AvgIpc) is 3.12. The Hall–Kier alpha value is -3.15. The molecule has 0 radical (unpaired) electrons. The fraction of sp³-hybridized carbons (Fsp3) is 0.118. The van der Waals surface area contributed by atoms with Crippen LogP contribution in [0.4, 0.5) is 0 Å². The number of hydrogen-bond acceptors (Lipinski definition) is 3. The number of fused-ring (bicyclic) bond motifs is 2. The summed E-state index contributed by atoms with van der Waals surface area (Å²) in [4.78, 5) is 24.6. The van der Waals surface area contributed by atoms with Gasteiger partial charge in [0.05, 0.1) is 23.3 Å². The monoisotopic (exact) mass is 305 g/mol. The molecule has 23 heavy (non-hydrogen) atoms. The van der Waals surface area contributed by atoms with Crippen molar-refractivity contribution in [2.24, 2.45) is 0 Å². The van der Waals surface area contributed by atoms with Crippen molar-refractivity contribution in [3.05, 3.63) is 65.9 Å². The molecule has 0 saturated heterocycles. The van der Waals surface area contributed by atoms with E-state index in [9.17, 15) is 4.79 Å². The van der Waals surface area contributed by atoms with Crippen LogP contribution in [0, 0.1) is 6.92 Å². The molecular weight excluding hydrogens is 290 g/mol. The van der Waals surface area contributed by atoms with Gasteiger partial charge in [0.25, 0.3) is 5.91 Å². The summed E-state index contributed by atoms with van der Waals surface area (Å²) in [6, 6.07) is 13.4. The van der Waals surface area contributed by atoms with E-state index in [2.05, 4.69) is 20.3 Å². The van der Waals surface area contributed by atoms with Gasteiger partial charge in [0.15, 0.2) is 0 Å². The van der Waals surface area contributed by atoms with E-state index in [1.807, 2.05) is 55.6 Å². The minimum absolute atomic E-state index is 0.165. The molecular formula is C17H15N5O. The number of aromatic amines is 1. The Balaban J connectivity index is 1.58. The molecule has 2 N–H and O–H groups in total. The molecule has 6 nitrogen and oxygen atoms in total. The summed E-state index contributed by atoms with van der Waals surface area (Å²) in [7, 11) is 0. The first-order chi connectivity index (χ1) is 11.2. The molecule has 0 fully saturated rings. The largest absolute Gasteiger partial charge is 0.343 e. The SMILES string of the molecule is Cc1nc2ccccn2c1C(=O)NCc1nc2ccccc2[nH]1. The highest BCUT2D eigenvalue weighted by Crippen LogP contribution is 2.13. The van der Waals surface area contributed by atoms with Gasteiger partial charge >= 0.3 is 0 Å².